The van der Waals surface area contributed by atoms with Crippen LogP contribution in [0.3, 0.4) is 0 Å². The van der Waals surface area contributed by atoms with Gasteiger partial charge in [-0.3, -0.25) is 0 Å². The Morgan fingerprint density at radius 3 is 1.25 bits per heavy atom. The zero-order valence-electron chi connectivity index (χ0n) is 2.00. The first-order chi connectivity index (χ1) is 1.00. The molecule has 22 valence electrons. The molecular weight excluding hydrogens is 90.2 g/mol. The monoisotopic (exact) mass is 100 g/mol. The van der Waals surface area contributed by atoms with Crippen molar-refractivity contribution in [2.24, 2.45) is 0 Å². The van der Waals surface area contributed by atoms with Crippen molar-refractivity contribution >= 4 is 58.0 Å². The van der Waals surface area contributed by atoms with E-state index in [1.807, 2.05) is 0 Å². The van der Waals surface area contributed by atoms with Gasteiger partial charge in [0.1, 0.15) is 0 Å². The van der Waals surface area contributed by atoms with Crippen LogP contribution in [0.15, 0.2) is 0 Å². The lowest BCUT2D eigenvalue weighted by Crippen LogP contribution is -1.38. The molecule has 0 radical (unpaired) electrons. The Bertz CT molecular complexity index is 8.00. The fourth-order valence-electron chi connectivity index (χ4n) is 0. The molecule has 0 saturated carbocycles. The lowest BCUT2D eigenvalue weighted by molar-refractivity contribution is 4.75. The molecule has 0 aromatic heterocycles. The Hall–Kier alpha value is 1.58. The van der Waals surface area contributed by atoms with Crippen molar-refractivity contribution < 1.29 is 0 Å². The SMILES string of the molecule is B[SiH3].[AlH3].[MgH2]. The van der Waals surface area contributed by atoms with Gasteiger partial charge in [0.05, 0.1) is 7.44 Å². The first-order valence-electron chi connectivity index (χ1n) is 1.00. The van der Waals surface area contributed by atoms with Gasteiger partial charge in [0.2, 0.25) is 0 Å². The zero-order chi connectivity index (χ0) is 2.00. The van der Waals surface area contributed by atoms with Crippen LogP contribution in [0.1, 0.15) is 0 Å². The van der Waals surface area contributed by atoms with Crippen molar-refractivity contribution in [1.29, 1.82) is 0 Å². The summed E-state index contributed by atoms with van der Waals surface area (Å²) in [5.41, 5.74) is 0. The second-order valence-electron chi connectivity index (χ2n) is 0. The van der Waals surface area contributed by atoms with Crippen LogP contribution in [0.5, 0.6) is 0 Å². The Labute approximate surface area is 57.8 Å². The largest absolute Gasteiger partial charge is 0.316 e. The molecule has 0 aliphatic rings. The normalized spacial score (nSPS) is 2.00. The molecule has 0 unspecified atom stereocenters. The van der Waals surface area contributed by atoms with E-state index in [1.54, 1.807) is 0 Å². The summed E-state index contributed by atoms with van der Waals surface area (Å²) in [6.45, 7) is 0. The molecule has 0 aliphatic carbocycles. The van der Waals surface area contributed by atoms with Gasteiger partial charge in [0.25, 0.3) is 0 Å². The van der Waals surface area contributed by atoms with Gasteiger partial charge >= 0.3 is 23.1 Å². The third kappa shape index (κ3) is 9.54. The predicted molar refractivity (Wildman–Crippen MR) is 37.0 cm³/mol. The van der Waals surface area contributed by atoms with Crippen LogP contribution in [0.25, 0.3) is 0 Å². The highest BCUT2D eigenvalue weighted by atomic mass is 28.1. The van der Waals surface area contributed by atoms with Gasteiger partial charge in [0.15, 0.2) is 17.4 Å². The van der Waals surface area contributed by atoms with Gasteiger partial charge in [-0.25, -0.2) is 0 Å². The average molecular weight is 100 g/mol. The van der Waals surface area contributed by atoms with E-state index in [9.17, 15) is 0 Å². The Morgan fingerprint density at radius 1 is 1.25 bits per heavy atom. The van der Waals surface area contributed by atoms with E-state index in [-0.39, 0.29) is 40.4 Å². The molecule has 0 aromatic carbocycles. The van der Waals surface area contributed by atoms with Crippen LogP contribution in [0.4, 0.5) is 0 Å². The fraction of sp³-hybridized carbons (Fsp3) is 0. The summed E-state index contributed by atoms with van der Waals surface area (Å²) in [6.07, 6.45) is 0. The topological polar surface area (TPSA) is 0 Å². The quantitative estimate of drug-likeness (QED) is 0.271. The molecule has 0 rings (SSSR count). The average Bonchev–Trinajstić information content (AvgIpc) is 1.00. The minimum absolute atomic E-state index is 0. The van der Waals surface area contributed by atoms with E-state index in [0.29, 0.717) is 0 Å². The molecule has 4 heteroatoms. The molecule has 0 N–H and O–H groups in total. The summed E-state index contributed by atoms with van der Waals surface area (Å²) in [7, 11) is 3.44. The summed E-state index contributed by atoms with van der Waals surface area (Å²) in [5.74, 6) is 0. The van der Waals surface area contributed by atoms with E-state index in [0.717, 1.165) is 0 Å². The standard InChI is InChI=1S/Al.BH5Si.Mg.5H/c;1-2;;;;;;/h;1H2,2H3;;;;;;. The molecule has 0 atom stereocenters. The smallest absolute Gasteiger partial charge is 0.0304 e. The molecule has 4 heavy (non-hydrogen) atoms. The first-order valence-corrected chi connectivity index (χ1v) is 3.00. The summed E-state index contributed by atoms with van der Waals surface area (Å²) in [4.78, 5) is 0. The molecule has 0 spiro atoms. The Kier molecular flexibility index (Phi) is 103. The molecule has 0 bridgehead atoms. The molecule has 0 aromatic rings. The fourth-order valence-corrected chi connectivity index (χ4v) is 0. The highest BCUT2D eigenvalue weighted by Gasteiger charge is 1.03. The van der Waals surface area contributed by atoms with Gasteiger partial charge in [-0.05, 0) is 10.1 Å². The van der Waals surface area contributed by atoms with Crippen LogP contribution in [0.2, 0.25) is 0 Å². The van der Waals surface area contributed by atoms with Gasteiger partial charge in [0, 0.05) is 0 Å². The van der Waals surface area contributed by atoms with E-state index in [2.05, 4.69) is 7.44 Å². The number of hydrogen-bond donors (Lipinski definition) is 0. The third-order valence-corrected chi connectivity index (χ3v) is 0. The van der Waals surface area contributed by atoms with Crippen LogP contribution in [-0.2, 0) is 0 Å². The molecule has 0 amide bonds. The van der Waals surface area contributed by atoms with Crippen LogP contribution in [-0.4, -0.2) is 58.0 Å². The van der Waals surface area contributed by atoms with Crippen LogP contribution in [0, 0.1) is 0 Å². The lowest BCUT2D eigenvalue weighted by atomic mass is 10.8. The van der Waals surface area contributed by atoms with Crippen molar-refractivity contribution in [3.05, 3.63) is 0 Å². The van der Waals surface area contributed by atoms with Gasteiger partial charge < -0.3 is 0 Å². The summed E-state index contributed by atoms with van der Waals surface area (Å²) in [5, 5.41) is 0. The second kappa shape index (κ2) is 23.5. The van der Waals surface area contributed by atoms with Crippen molar-refractivity contribution in [1.82, 2.24) is 0 Å². The third-order valence-electron chi connectivity index (χ3n) is 0. The highest BCUT2D eigenvalue weighted by molar-refractivity contribution is 6.75. The number of rotatable bonds is 0. The summed E-state index contributed by atoms with van der Waals surface area (Å²) >= 11 is 0. The summed E-state index contributed by atoms with van der Waals surface area (Å²) in [6, 6.07) is 0. The van der Waals surface area contributed by atoms with Crippen molar-refractivity contribution in [2.75, 3.05) is 0 Å². The Morgan fingerprint density at radius 2 is 1.25 bits per heavy atom. The molecule has 0 heterocycles. The maximum atomic E-state index is 2.14. The minimum Gasteiger partial charge on any atom is -0.0304 e. The van der Waals surface area contributed by atoms with Crippen molar-refractivity contribution in [3.8, 4) is 0 Å². The molecular formula is H10AlBMgSi. The van der Waals surface area contributed by atoms with E-state index >= 15 is 0 Å². The number of hydrogen-bond acceptors (Lipinski definition) is 0. The van der Waals surface area contributed by atoms with Crippen molar-refractivity contribution in [2.45, 2.75) is 0 Å². The van der Waals surface area contributed by atoms with Crippen LogP contribution < -0.4 is 0 Å². The molecule has 0 saturated heterocycles. The van der Waals surface area contributed by atoms with Gasteiger partial charge in [-0.2, -0.15) is 0 Å². The van der Waals surface area contributed by atoms with Crippen molar-refractivity contribution in [3.63, 3.8) is 0 Å². The zero-order valence-corrected chi connectivity index (χ0v) is 4.00. The molecule has 0 fully saturated rings. The second-order valence-corrected chi connectivity index (χ2v) is 0. The molecule has 0 aliphatic heterocycles. The maximum Gasteiger partial charge on any atom is 0.316 e. The van der Waals surface area contributed by atoms with E-state index in [4.69, 9.17) is 0 Å². The lowest BCUT2D eigenvalue weighted by Gasteiger charge is -0.974. The summed E-state index contributed by atoms with van der Waals surface area (Å²) < 4.78 is 0. The molecule has 0 nitrogen and oxygen atoms in total. The van der Waals surface area contributed by atoms with E-state index < -0.39 is 0 Å². The van der Waals surface area contributed by atoms with Crippen LogP contribution >= 0.6 is 0 Å². The predicted octanol–water partition coefficient (Wildman–Crippen LogP) is -4.20. The van der Waals surface area contributed by atoms with Gasteiger partial charge in [-0.15, -0.1) is 0 Å². The van der Waals surface area contributed by atoms with E-state index in [1.165, 1.54) is 10.1 Å². The minimum atomic E-state index is 0. The highest BCUT2D eigenvalue weighted by Crippen LogP contribution is 0.619. The first kappa shape index (κ1) is 17.6. The van der Waals surface area contributed by atoms with Gasteiger partial charge in [-0.1, -0.05) is 0 Å². The maximum absolute atomic E-state index is 2.14. The Balaban J connectivity index is -0.00000000500.